The quantitative estimate of drug-likeness (QED) is 0.603. The van der Waals surface area contributed by atoms with E-state index in [1.165, 1.54) is 0 Å². The van der Waals surface area contributed by atoms with Crippen LogP contribution in [0.3, 0.4) is 0 Å². The molecule has 1 saturated heterocycles. The molecule has 5 rings (SSSR count). The topological polar surface area (TPSA) is 91.9 Å². The summed E-state index contributed by atoms with van der Waals surface area (Å²) in [7, 11) is 0. The molecule has 27 heavy (non-hydrogen) atoms. The van der Waals surface area contributed by atoms with Crippen LogP contribution in [0.2, 0.25) is 5.15 Å². The van der Waals surface area contributed by atoms with Crippen LogP contribution >= 0.6 is 27.5 Å². The summed E-state index contributed by atoms with van der Waals surface area (Å²) < 4.78 is 16.1. The third-order valence-electron chi connectivity index (χ3n) is 4.74. The van der Waals surface area contributed by atoms with Crippen LogP contribution in [-0.2, 0) is 11.3 Å². The van der Waals surface area contributed by atoms with Crippen molar-refractivity contribution in [3.63, 3.8) is 0 Å². The Labute approximate surface area is 168 Å². The van der Waals surface area contributed by atoms with Crippen LogP contribution in [0.5, 0.6) is 5.88 Å². The molecule has 11 heteroatoms. The first-order valence-corrected chi connectivity index (χ1v) is 10.0. The number of ether oxygens (including phenoxy) is 2. The van der Waals surface area contributed by atoms with Gasteiger partial charge in [0.15, 0.2) is 10.8 Å². The maximum atomic E-state index is 6.20. The first-order chi connectivity index (χ1) is 13.2. The molecule has 1 N–H and O–H groups in total. The predicted molar refractivity (Wildman–Crippen MR) is 103 cm³/mol. The van der Waals surface area contributed by atoms with Crippen molar-refractivity contribution in [2.75, 3.05) is 25.1 Å². The van der Waals surface area contributed by atoms with Crippen LogP contribution < -0.4 is 10.1 Å². The Morgan fingerprint density at radius 2 is 2.19 bits per heavy atom. The number of anilines is 2. The zero-order valence-electron chi connectivity index (χ0n) is 14.4. The van der Waals surface area contributed by atoms with E-state index >= 15 is 0 Å². The summed E-state index contributed by atoms with van der Waals surface area (Å²) >= 11 is 9.86. The Kier molecular flexibility index (Phi) is 4.41. The van der Waals surface area contributed by atoms with Crippen molar-refractivity contribution in [1.82, 2.24) is 29.5 Å². The molecule has 9 nitrogen and oxygen atoms in total. The van der Waals surface area contributed by atoms with Gasteiger partial charge in [-0.25, -0.2) is 14.3 Å². The summed E-state index contributed by atoms with van der Waals surface area (Å²) in [6.07, 6.45) is 4.46. The lowest BCUT2D eigenvalue weighted by molar-refractivity contribution is 0.0536. The van der Waals surface area contributed by atoms with Gasteiger partial charge in [-0.15, -0.1) is 5.10 Å². The molecular weight excluding hydrogens is 438 g/mol. The minimum Gasteiger partial charge on any atom is -0.475 e. The Morgan fingerprint density at radius 3 is 3.04 bits per heavy atom. The fourth-order valence-electron chi connectivity index (χ4n) is 3.39. The van der Waals surface area contributed by atoms with Gasteiger partial charge >= 0.3 is 0 Å². The largest absolute Gasteiger partial charge is 0.475 e. The van der Waals surface area contributed by atoms with Crippen LogP contribution in [0.25, 0.3) is 11.0 Å². The van der Waals surface area contributed by atoms with Gasteiger partial charge in [0.1, 0.15) is 10.3 Å². The van der Waals surface area contributed by atoms with Gasteiger partial charge in [-0.3, -0.25) is 0 Å². The van der Waals surface area contributed by atoms with Gasteiger partial charge in [0.2, 0.25) is 5.95 Å². The van der Waals surface area contributed by atoms with E-state index in [9.17, 15) is 0 Å². The number of nitrogens with one attached hydrogen (secondary N) is 1. The minimum absolute atomic E-state index is 0.169. The van der Waals surface area contributed by atoms with E-state index in [-0.39, 0.29) is 6.04 Å². The van der Waals surface area contributed by atoms with E-state index in [4.69, 9.17) is 21.1 Å². The zero-order chi connectivity index (χ0) is 18.4. The molecule has 0 aliphatic carbocycles. The molecule has 142 valence electrons. The number of aromatic nitrogens is 6. The van der Waals surface area contributed by atoms with Crippen LogP contribution in [0.15, 0.2) is 10.8 Å². The maximum Gasteiger partial charge on any atom is 0.258 e. The zero-order valence-corrected chi connectivity index (χ0v) is 16.7. The van der Waals surface area contributed by atoms with E-state index < -0.39 is 0 Å². The lowest BCUT2D eigenvalue weighted by Crippen LogP contribution is -2.22. The van der Waals surface area contributed by atoms with E-state index in [1.54, 1.807) is 10.9 Å². The van der Waals surface area contributed by atoms with E-state index in [2.05, 4.69) is 41.4 Å². The number of hydrogen-bond acceptors (Lipinski definition) is 7. The molecule has 1 atom stereocenters. The summed E-state index contributed by atoms with van der Waals surface area (Å²) in [5, 5.41) is 13.4. The molecule has 3 aromatic rings. The Hall–Kier alpha value is -1.91. The molecule has 0 saturated carbocycles. The lowest BCUT2D eigenvalue weighted by atomic mass is 10.1. The number of nitrogens with zero attached hydrogens (tertiary/aromatic N) is 6. The second-order valence-corrected chi connectivity index (χ2v) is 7.67. The molecule has 0 spiro atoms. The maximum absolute atomic E-state index is 6.20. The van der Waals surface area contributed by atoms with Crippen molar-refractivity contribution in [2.24, 2.45) is 0 Å². The summed E-state index contributed by atoms with van der Waals surface area (Å²) in [4.78, 5) is 8.97. The minimum atomic E-state index is 0.169. The summed E-state index contributed by atoms with van der Waals surface area (Å²) in [5.74, 6) is 0.959. The second kappa shape index (κ2) is 6.92. The molecule has 2 aliphatic rings. The van der Waals surface area contributed by atoms with Gasteiger partial charge in [-0.05, 0) is 28.8 Å². The predicted octanol–water partition coefficient (Wildman–Crippen LogP) is 3.32. The van der Waals surface area contributed by atoms with E-state index in [0.29, 0.717) is 48.1 Å². The van der Waals surface area contributed by atoms with Gasteiger partial charge < -0.3 is 14.8 Å². The molecule has 1 fully saturated rings. The molecular formula is C16H17BrClN7O2. The van der Waals surface area contributed by atoms with Crippen molar-refractivity contribution >= 4 is 50.2 Å². The first kappa shape index (κ1) is 17.2. The van der Waals surface area contributed by atoms with Gasteiger partial charge in [0.05, 0.1) is 24.6 Å². The lowest BCUT2D eigenvalue weighted by Gasteiger charge is -2.22. The van der Waals surface area contributed by atoms with Crippen molar-refractivity contribution in [2.45, 2.75) is 31.8 Å². The standard InChI is InChI=1S/C16H17BrClN7O2/c17-12-11-15(23-25(12)9-3-1-5-26-8-9)27-6-2-4-24-14-10(13(18)22-24)7-19-16(20-11)21-14/h7,9H,1-6,8H2,(H,19,20,21). The fourth-order valence-corrected chi connectivity index (χ4v) is 4.25. The van der Waals surface area contributed by atoms with Crippen LogP contribution in [0.4, 0.5) is 11.6 Å². The van der Waals surface area contributed by atoms with Crippen LogP contribution in [0.1, 0.15) is 25.3 Å². The highest BCUT2D eigenvalue weighted by Gasteiger charge is 2.26. The van der Waals surface area contributed by atoms with Crippen molar-refractivity contribution in [3.05, 3.63) is 16.0 Å². The van der Waals surface area contributed by atoms with Gasteiger partial charge in [-0.1, -0.05) is 11.6 Å². The number of aryl methyl sites for hydroxylation is 1. The average Bonchev–Trinajstić information content (AvgIpc) is 3.16. The monoisotopic (exact) mass is 453 g/mol. The van der Waals surface area contributed by atoms with Gasteiger partial charge in [0, 0.05) is 25.8 Å². The highest BCUT2D eigenvalue weighted by Crippen LogP contribution is 2.38. The normalized spacial score (nSPS) is 20.0. The second-order valence-electron chi connectivity index (χ2n) is 6.56. The van der Waals surface area contributed by atoms with Gasteiger partial charge in [-0.2, -0.15) is 10.1 Å². The molecule has 0 amide bonds. The van der Waals surface area contributed by atoms with E-state index in [0.717, 1.165) is 35.9 Å². The highest BCUT2D eigenvalue weighted by molar-refractivity contribution is 9.10. The number of rotatable bonds is 1. The van der Waals surface area contributed by atoms with Gasteiger partial charge in [0.25, 0.3) is 5.88 Å². The number of hydrogen-bond donors (Lipinski definition) is 1. The van der Waals surface area contributed by atoms with Crippen molar-refractivity contribution in [3.8, 4) is 5.88 Å². The highest BCUT2D eigenvalue weighted by atomic mass is 79.9. The number of halogens is 2. The van der Waals surface area contributed by atoms with E-state index in [1.807, 2.05) is 4.68 Å². The third-order valence-corrected chi connectivity index (χ3v) is 5.77. The van der Waals surface area contributed by atoms with Crippen LogP contribution in [0, 0.1) is 0 Å². The molecule has 2 aliphatic heterocycles. The third kappa shape index (κ3) is 3.05. The number of fused-ring (bicyclic) bond motifs is 2. The SMILES string of the molecule is Clc1nn2c3nc(ncc13)Nc1c(nn(C3CCCOC3)c1Br)OCCC2. The average molecular weight is 455 g/mol. The molecule has 2 bridgehead atoms. The van der Waals surface area contributed by atoms with Crippen molar-refractivity contribution < 1.29 is 9.47 Å². The van der Waals surface area contributed by atoms with Crippen LogP contribution in [-0.4, -0.2) is 49.3 Å². The molecule has 3 aromatic heterocycles. The summed E-state index contributed by atoms with van der Waals surface area (Å²) in [6, 6.07) is 0.169. The van der Waals surface area contributed by atoms with Crippen molar-refractivity contribution in [1.29, 1.82) is 0 Å². The smallest absolute Gasteiger partial charge is 0.258 e. The Morgan fingerprint density at radius 1 is 1.26 bits per heavy atom. The molecule has 0 radical (unpaired) electrons. The Bertz CT molecular complexity index is 998. The molecule has 5 heterocycles. The molecule has 0 aromatic carbocycles. The summed E-state index contributed by atoms with van der Waals surface area (Å²) in [5.41, 5.74) is 1.41. The fraction of sp³-hybridized carbons (Fsp3) is 0.500. The first-order valence-electron chi connectivity index (χ1n) is 8.85. The Balaban J connectivity index is 1.57. The molecule has 1 unspecified atom stereocenters. The summed E-state index contributed by atoms with van der Waals surface area (Å²) in [6.45, 7) is 2.59.